The molecular formula is C48H93NO5. The van der Waals surface area contributed by atoms with Crippen molar-refractivity contribution in [2.24, 2.45) is 11.8 Å². The van der Waals surface area contributed by atoms with Gasteiger partial charge in [0.1, 0.15) is 0 Å². The smallest absolute Gasteiger partial charge is 0.308 e. The summed E-state index contributed by atoms with van der Waals surface area (Å²) >= 11 is 0. The molecule has 2 atom stereocenters. The van der Waals surface area contributed by atoms with Crippen LogP contribution in [0, 0.1) is 11.8 Å². The molecule has 2 unspecified atom stereocenters. The molecule has 0 aromatic heterocycles. The van der Waals surface area contributed by atoms with Gasteiger partial charge in [0.05, 0.1) is 25.0 Å². The minimum absolute atomic E-state index is 0.0364. The normalized spacial score (nSPS) is 12.7. The molecule has 0 aliphatic rings. The van der Waals surface area contributed by atoms with E-state index < -0.39 is 0 Å². The third-order valence-electron chi connectivity index (χ3n) is 11.1. The van der Waals surface area contributed by atoms with E-state index in [1.54, 1.807) is 0 Å². The first-order chi connectivity index (χ1) is 26.5. The molecule has 0 spiro atoms. The molecule has 6 heteroatoms. The van der Waals surface area contributed by atoms with E-state index in [1.807, 2.05) is 0 Å². The van der Waals surface area contributed by atoms with Gasteiger partial charge in [0.2, 0.25) is 0 Å². The lowest BCUT2D eigenvalue weighted by Gasteiger charge is -2.20. The van der Waals surface area contributed by atoms with Crippen LogP contribution < -0.4 is 0 Å². The molecule has 0 aliphatic carbocycles. The van der Waals surface area contributed by atoms with Crippen molar-refractivity contribution in [1.82, 2.24) is 4.90 Å². The van der Waals surface area contributed by atoms with Crippen LogP contribution in [0.25, 0.3) is 0 Å². The van der Waals surface area contributed by atoms with E-state index >= 15 is 0 Å². The summed E-state index contributed by atoms with van der Waals surface area (Å²) in [5, 5.41) is 9.30. The first-order valence-corrected chi connectivity index (χ1v) is 23.9. The number of aliphatic hydroxyl groups is 1. The van der Waals surface area contributed by atoms with E-state index in [9.17, 15) is 14.7 Å². The van der Waals surface area contributed by atoms with Crippen LogP contribution in [-0.4, -0.2) is 54.9 Å². The lowest BCUT2D eigenvalue weighted by atomic mass is 9.94. The molecule has 0 heterocycles. The molecule has 0 rings (SSSR count). The van der Waals surface area contributed by atoms with Crippen molar-refractivity contribution < 1.29 is 24.2 Å². The lowest BCUT2D eigenvalue weighted by Crippen LogP contribution is -2.20. The number of carbonyl (C=O) groups is 2. The van der Waals surface area contributed by atoms with E-state index in [-0.39, 0.29) is 30.4 Å². The van der Waals surface area contributed by atoms with Gasteiger partial charge in [-0.05, 0) is 83.2 Å². The van der Waals surface area contributed by atoms with Crippen molar-refractivity contribution in [2.75, 3.05) is 32.9 Å². The first kappa shape index (κ1) is 52.4. The lowest BCUT2D eigenvalue weighted by molar-refractivity contribution is -0.150. The maximum atomic E-state index is 13.0. The van der Waals surface area contributed by atoms with Crippen molar-refractivity contribution in [1.29, 1.82) is 0 Å². The van der Waals surface area contributed by atoms with Gasteiger partial charge in [0, 0.05) is 19.7 Å². The highest BCUT2D eigenvalue weighted by Gasteiger charge is 2.20. The van der Waals surface area contributed by atoms with E-state index in [4.69, 9.17) is 9.47 Å². The predicted molar refractivity (Wildman–Crippen MR) is 232 cm³/mol. The largest absolute Gasteiger partial charge is 0.465 e. The third kappa shape index (κ3) is 34.9. The van der Waals surface area contributed by atoms with Crippen molar-refractivity contribution in [3.8, 4) is 0 Å². The molecule has 0 aromatic rings. The van der Waals surface area contributed by atoms with Gasteiger partial charge in [0.25, 0.3) is 0 Å². The van der Waals surface area contributed by atoms with Crippen LogP contribution in [0.1, 0.15) is 240 Å². The second-order valence-electron chi connectivity index (χ2n) is 16.3. The number of nitrogens with zero attached hydrogens (tertiary/aromatic N) is 1. The predicted octanol–water partition coefficient (Wildman–Crippen LogP) is 14.1. The number of carbonyl (C=O) groups excluding carboxylic acids is 2. The maximum Gasteiger partial charge on any atom is 0.308 e. The van der Waals surface area contributed by atoms with Gasteiger partial charge in [-0.2, -0.15) is 0 Å². The summed E-state index contributed by atoms with van der Waals surface area (Å²) in [5.41, 5.74) is 0. The Morgan fingerprint density at radius 2 is 0.815 bits per heavy atom. The summed E-state index contributed by atoms with van der Waals surface area (Å²) in [6.07, 6.45) is 42.3. The van der Waals surface area contributed by atoms with Crippen LogP contribution in [0.5, 0.6) is 0 Å². The maximum absolute atomic E-state index is 13.0. The summed E-state index contributed by atoms with van der Waals surface area (Å²) in [4.78, 5) is 28.3. The molecule has 0 saturated carbocycles. The molecule has 6 nitrogen and oxygen atoms in total. The number of hydrogen-bond donors (Lipinski definition) is 1. The molecule has 0 aliphatic heterocycles. The Hall–Kier alpha value is -1.56. The van der Waals surface area contributed by atoms with Crippen LogP contribution in [0.3, 0.4) is 0 Å². The topological polar surface area (TPSA) is 76.1 Å². The zero-order chi connectivity index (χ0) is 39.6. The van der Waals surface area contributed by atoms with Gasteiger partial charge in [-0.15, -0.1) is 0 Å². The van der Waals surface area contributed by atoms with Crippen LogP contribution >= 0.6 is 0 Å². The number of unbranched alkanes of at least 4 members (excludes halogenated alkanes) is 22. The second kappa shape index (κ2) is 42.6. The molecule has 0 saturated heterocycles. The molecule has 0 amide bonds. The van der Waals surface area contributed by atoms with Gasteiger partial charge in [-0.25, -0.2) is 0 Å². The molecule has 0 radical (unpaired) electrons. The molecule has 0 aromatic carbocycles. The standard InChI is InChI=1S/C48H93NO5/c1-5-9-13-17-19-27-37-45(35-25-15-11-7-3)47(51)53-43-33-23-21-29-39-49(41-31-32-42-50)40-30-22-24-34-44-54-48(52)46(36-26-16-12-8-4)38-28-20-18-14-10-6-2/h29,39,45-46,50H,5-28,30-38,40-44H2,1-4H3/b39-29+. The molecule has 0 fully saturated rings. The fraction of sp³-hybridized carbons (Fsp3) is 0.917. The second-order valence-corrected chi connectivity index (χ2v) is 16.3. The zero-order valence-electron chi connectivity index (χ0n) is 36.7. The molecular weight excluding hydrogens is 671 g/mol. The van der Waals surface area contributed by atoms with E-state index in [0.717, 1.165) is 122 Å². The van der Waals surface area contributed by atoms with Gasteiger partial charge in [0.15, 0.2) is 0 Å². The van der Waals surface area contributed by atoms with Crippen LogP contribution in [-0.2, 0) is 19.1 Å². The van der Waals surface area contributed by atoms with Crippen LogP contribution in [0.15, 0.2) is 12.3 Å². The summed E-state index contributed by atoms with van der Waals surface area (Å²) in [5.74, 6) is 0.241. The van der Waals surface area contributed by atoms with E-state index in [1.165, 1.54) is 103 Å². The Kier molecular flexibility index (Phi) is 41.3. The van der Waals surface area contributed by atoms with Crippen molar-refractivity contribution in [2.45, 2.75) is 240 Å². The molecule has 0 bridgehead atoms. The Balaban J connectivity index is 4.45. The van der Waals surface area contributed by atoms with Crippen molar-refractivity contribution in [3.63, 3.8) is 0 Å². The third-order valence-corrected chi connectivity index (χ3v) is 11.1. The van der Waals surface area contributed by atoms with Crippen LogP contribution in [0.2, 0.25) is 0 Å². The van der Waals surface area contributed by atoms with Crippen LogP contribution in [0.4, 0.5) is 0 Å². The SMILES string of the molecule is CCCCCCCCC(CCCCCC)C(=O)OCCCC/C=C/N(CCCCO)CCCCCCOC(=O)C(CCCCCC)CCCCCCCC. The average molecular weight is 764 g/mol. The minimum Gasteiger partial charge on any atom is -0.465 e. The summed E-state index contributed by atoms with van der Waals surface area (Å²) in [7, 11) is 0. The summed E-state index contributed by atoms with van der Waals surface area (Å²) in [6.45, 7) is 12.3. The van der Waals surface area contributed by atoms with Gasteiger partial charge >= 0.3 is 11.9 Å². The van der Waals surface area contributed by atoms with Crippen molar-refractivity contribution in [3.05, 3.63) is 12.3 Å². The number of allylic oxidation sites excluding steroid dienone is 1. The van der Waals surface area contributed by atoms with E-state index in [0.29, 0.717) is 13.2 Å². The highest BCUT2D eigenvalue weighted by Crippen LogP contribution is 2.22. The Labute approximate surface area is 336 Å². The Bertz CT molecular complexity index is 817. The number of ether oxygens (including phenoxy) is 2. The summed E-state index contributed by atoms with van der Waals surface area (Å²) in [6, 6.07) is 0. The number of esters is 2. The van der Waals surface area contributed by atoms with Crippen molar-refractivity contribution >= 4 is 11.9 Å². The molecule has 320 valence electrons. The van der Waals surface area contributed by atoms with Gasteiger partial charge < -0.3 is 19.5 Å². The molecule has 1 N–H and O–H groups in total. The zero-order valence-corrected chi connectivity index (χ0v) is 36.7. The Morgan fingerprint density at radius 1 is 0.463 bits per heavy atom. The fourth-order valence-electron chi connectivity index (χ4n) is 7.36. The summed E-state index contributed by atoms with van der Waals surface area (Å²) < 4.78 is 11.6. The Morgan fingerprint density at radius 3 is 1.26 bits per heavy atom. The number of rotatable bonds is 43. The average Bonchev–Trinajstić information content (AvgIpc) is 3.17. The molecule has 54 heavy (non-hydrogen) atoms. The highest BCUT2D eigenvalue weighted by atomic mass is 16.5. The highest BCUT2D eigenvalue weighted by molar-refractivity contribution is 5.72. The minimum atomic E-state index is 0.0364. The fourth-order valence-corrected chi connectivity index (χ4v) is 7.36. The van der Waals surface area contributed by atoms with Gasteiger partial charge in [-0.1, -0.05) is 169 Å². The van der Waals surface area contributed by atoms with E-state index in [2.05, 4.69) is 44.9 Å². The number of aliphatic hydroxyl groups excluding tert-OH is 1. The monoisotopic (exact) mass is 764 g/mol. The quantitative estimate of drug-likeness (QED) is 0.0492. The number of hydrogen-bond acceptors (Lipinski definition) is 6. The van der Waals surface area contributed by atoms with Gasteiger partial charge in [-0.3, -0.25) is 9.59 Å². The first-order valence-electron chi connectivity index (χ1n) is 23.9.